The molecule has 3 rings (SSSR count). The predicted molar refractivity (Wildman–Crippen MR) is 189 cm³/mol. The Labute approximate surface area is 269 Å². The molecule has 0 N–H and O–H groups in total. The van der Waals surface area contributed by atoms with E-state index in [9.17, 15) is 4.79 Å². The van der Waals surface area contributed by atoms with Crippen molar-refractivity contribution in [2.45, 2.75) is 102 Å². The fraction of sp³-hybridized carbons (Fsp3) is 0.500. The zero-order valence-electron chi connectivity index (χ0n) is 28.3. The molecular formula is C38H56O4Si2. The average Bonchev–Trinajstić information content (AvgIpc) is 3.03. The number of benzene rings is 3. The van der Waals surface area contributed by atoms with Gasteiger partial charge in [0.2, 0.25) is 0 Å². The molecule has 0 aliphatic rings. The fourth-order valence-electron chi connectivity index (χ4n) is 6.59. The Bertz CT molecular complexity index is 1190. The van der Waals surface area contributed by atoms with Crippen molar-refractivity contribution >= 4 is 22.8 Å². The van der Waals surface area contributed by atoms with E-state index in [-0.39, 0.29) is 17.3 Å². The fourth-order valence-corrected chi connectivity index (χ4v) is 13.6. The molecule has 2 atom stereocenters. The Hall–Kier alpha value is -2.52. The number of hydrogen-bond acceptors (Lipinski definition) is 4. The van der Waals surface area contributed by atoms with E-state index < -0.39 is 16.9 Å². The SMILES string of the molecule is CCCCCC(CC(CC(C)C(=O)OCCC[Si](C)(C)O[Si](C)(C)OC)(c1ccccc1)c1ccccc1)c1ccccc1. The maximum absolute atomic E-state index is 13.6. The topological polar surface area (TPSA) is 44.8 Å². The van der Waals surface area contributed by atoms with Gasteiger partial charge in [0, 0.05) is 12.5 Å². The van der Waals surface area contributed by atoms with E-state index in [2.05, 4.69) is 124 Å². The average molecular weight is 633 g/mol. The Kier molecular flexibility index (Phi) is 14.1. The molecule has 0 amide bonds. The van der Waals surface area contributed by atoms with Gasteiger partial charge in [-0.05, 0) is 80.5 Å². The van der Waals surface area contributed by atoms with E-state index in [1.807, 2.05) is 6.92 Å². The largest absolute Gasteiger partial charge is 0.465 e. The molecule has 0 fully saturated rings. The molecule has 0 saturated heterocycles. The van der Waals surface area contributed by atoms with Crippen LogP contribution >= 0.6 is 0 Å². The summed E-state index contributed by atoms with van der Waals surface area (Å²) >= 11 is 0. The highest BCUT2D eigenvalue weighted by molar-refractivity contribution is 6.82. The summed E-state index contributed by atoms with van der Waals surface area (Å²) in [4.78, 5) is 13.6. The Morgan fingerprint density at radius 1 is 0.773 bits per heavy atom. The first-order valence-electron chi connectivity index (χ1n) is 16.6. The molecule has 0 aromatic heterocycles. The van der Waals surface area contributed by atoms with E-state index in [1.54, 1.807) is 7.11 Å². The number of ether oxygens (including phenoxy) is 1. The van der Waals surface area contributed by atoms with Crippen molar-refractivity contribution < 1.29 is 18.1 Å². The minimum Gasteiger partial charge on any atom is -0.465 e. The van der Waals surface area contributed by atoms with Gasteiger partial charge in [0.25, 0.3) is 0 Å². The van der Waals surface area contributed by atoms with Gasteiger partial charge in [-0.3, -0.25) is 4.79 Å². The molecule has 3 aromatic carbocycles. The zero-order valence-corrected chi connectivity index (χ0v) is 30.3. The van der Waals surface area contributed by atoms with E-state index in [0.29, 0.717) is 18.9 Å². The second-order valence-corrected chi connectivity index (χ2v) is 21.5. The highest BCUT2D eigenvalue weighted by atomic mass is 28.4. The first kappa shape index (κ1) is 36.0. The molecule has 3 aromatic rings. The van der Waals surface area contributed by atoms with Crippen LogP contribution < -0.4 is 0 Å². The van der Waals surface area contributed by atoms with Crippen LogP contribution in [-0.2, 0) is 23.5 Å². The van der Waals surface area contributed by atoms with Crippen LogP contribution in [0.5, 0.6) is 0 Å². The van der Waals surface area contributed by atoms with Crippen molar-refractivity contribution in [3.8, 4) is 0 Å². The summed E-state index contributed by atoms with van der Waals surface area (Å²) in [7, 11) is -2.27. The summed E-state index contributed by atoms with van der Waals surface area (Å²) in [6, 6.07) is 33.6. The van der Waals surface area contributed by atoms with Gasteiger partial charge in [-0.1, -0.05) is 124 Å². The Morgan fingerprint density at radius 3 is 1.84 bits per heavy atom. The standard InChI is InChI=1S/C38H56O4Si2/c1-8-9-13-23-34(33-21-14-10-15-22-33)31-38(35-24-16-11-17-25-35,36-26-18-12-19-27-36)30-32(2)37(39)41-28-20-29-43(4,5)42-44(6,7)40-3/h10-12,14-19,21-22,24-27,32,34H,8-9,13,20,23,28-31H2,1-7H3. The summed E-state index contributed by atoms with van der Waals surface area (Å²) in [5.74, 6) is -0.00208. The normalized spacial score (nSPS) is 13.8. The number of hydrogen-bond donors (Lipinski definition) is 0. The van der Waals surface area contributed by atoms with Gasteiger partial charge in [0.05, 0.1) is 12.5 Å². The third kappa shape index (κ3) is 10.8. The van der Waals surface area contributed by atoms with Crippen LogP contribution in [-0.4, -0.2) is 36.6 Å². The van der Waals surface area contributed by atoms with Crippen LogP contribution in [0.15, 0.2) is 91.0 Å². The molecule has 0 saturated carbocycles. The molecule has 0 heterocycles. The first-order chi connectivity index (χ1) is 21.0. The lowest BCUT2D eigenvalue weighted by Crippen LogP contribution is -2.45. The third-order valence-electron chi connectivity index (χ3n) is 8.91. The molecular weight excluding hydrogens is 577 g/mol. The predicted octanol–water partition coefficient (Wildman–Crippen LogP) is 10.3. The summed E-state index contributed by atoms with van der Waals surface area (Å²) < 4.78 is 18.0. The van der Waals surface area contributed by atoms with E-state index in [4.69, 9.17) is 13.3 Å². The summed E-state index contributed by atoms with van der Waals surface area (Å²) in [6.45, 7) is 13.4. The van der Waals surface area contributed by atoms with Gasteiger partial charge >= 0.3 is 14.5 Å². The maximum Gasteiger partial charge on any atom is 0.321 e. The van der Waals surface area contributed by atoms with Crippen molar-refractivity contribution in [3.05, 3.63) is 108 Å². The van der Waals surface area contributed by atoms with Crippen LogP contribution in [0.1, 0.15) is 81.4 Å². The van der Waals surface area contributed by atoms with Gasteiger partial charge in [-0.25, -0.2) is 0 Å². The molecule has 2 unspecified atom stereocenters. The molecule has 0 radical (unpaired) electrons. The van der Waals surface area contributed by atoms with Crippen molar-refractivity contribution in [2.75, 3.05) is 13.7 Å². The van der Waals surface area contributed by atoms with Crippen molar-refractivity contribution in [2.24, 2.45) is 5.92 Å². The van der Waals surface area contributed by atoms with Crippen LogP contribution in [0.4, 0.5) is 0 Å². The minimum atomic E-state index is -2.10. The highest BCUT2D eigenvalue weighted by Crippen LogP contribution is 2.47. The maximum atomic E-state index is 13.6. The quantitative estimate of drug-likeness (QED) is 0.0749. The lowest BCUT2D eigenvalue weighted by molar-refractivity contribution is -0.148. The Morgan fingerprint density at radius 2 is 1.32 bits per heavy atom. The van der Waals surface area contributed by atoms with Gasteiger partial charge < -0.3 is 13.3 Å². The number of unbranched alkanes of at least 4 members (excludes halogenated alkanes) is 2. The second-order valence-electron chi connectivity index (χ2n) is 13.5. The molecule has 4 nitrogen and oxygen atoms in total. The molecule has 0 bridgehead atoms. The van der Waals surface area contributed by atoms with E-state index >= 15 is 0 Å². The number of rotatable bonds is 19. The molecule has 6 heteroatoms. The van der Waals surface area contributed by atoms with Crippen LogP contribution in [0.25, 0.3) is 0 Å². The molecule has 0 aliphatic carbocycles. The lowest BCUT2D eigenvalue weighted by Gasteiger charge is -2.40. The van der Waals surface area contributed by atoms with E-state index in [1.165, 1.54) is 36.0 Å². The van der Waals surface area contributed by atoms with Gasteiger partial charge in [-0.2, -0.15) is 0 Å². The molecule has 0 aliphatic heterocycles. The zero-order chi connectivity index (χ0) is 32.1. The monoisotopic (exact) mass is 632 g/mol. The van der Waals surface area contributed by atoms with E-state index in [0.717, 1.165) is 25.3 Å². The highest BCUT2D eigenvalue weighted by Gasteiger charge is 2.40. The molecule has 0 spiro atoms. The molecule has 240 valence electrons. The van der Waals surface area contributed by atoms with Crippen molar-refractivity contribution in [3.63, 3.8) is 0 Å². The number of esters is 1. The lowest BCUT2D eigenvalue weighted by atomic mass is 9.63. The Balaban J connectivity index is 1.87. The van der Waals surface area contributed by atoms with Crippen LogP contribution in [0.3, 0.4) is 0 Å². The van der Waals surface area contributed by atoms with Crippen LogP contribution in [0, 0.1) is 5.92 Å². The van der Waals surface area contributed by atoms with Gasteiger partial charge in [0.15, 0.2) is 8.32 Å². The number of carbonyl (C=O) groups excluding carboxylic acids is 1. The summed E-state index contributed by atoms with van der Waals surface area (Å²) in [5.41, 5.74) is 3.56. The second kappa shape index (κ2) is 17.3. The minimum absolute atomic E-state index is 0.115. The van der Waals surface area contributed by atoms with Gasteiger partial charge in [0.1, 0.15) is 0 Å². The van der Waals surface area contributed by atoms with Crippen LogP contribution in [0.2, 0.25) is 32.2 Å². The third-order valence-corrected chi connectivity index (χ3v) is 15.6. The number of carbonyl (C=O) groups is 1. The van der Waals surface area contributed by atoms with Gasteiger partial charge in [-0.15, -0.1) is 0 Å². The van der Waals surface area contributed by atoms with Crippen molar-refractivity contribution in [1.29, 1.82) is 0 Å². The smallest absolute Gasteiger partial charge is 0.321 e. The molecule has 44 heavy (non-hydrogen) atoms. The summed E-state index contributed by atoms with van der Waals surface area (Å²) in [6.07, 6.45) is 7.18. The summed E-state index contributed by atoms with van der Waals surface area (Å²) in [5, 5.41) is 0. The first-order valence-corrected chi connectivity index (χ1v) is 22.5. The van der Waals surface area contributed by atoms with Crippen molar-refractivity contribution in [1.82, 2.24) is 0 Å².